The van der Waals surface area contributed by atoms with Crippen LogP contribution in [0, 0.1) is 0 Å². The van der Waals surface area contributed by atoms with Crippen molar-refractivity contribution in [1.29, 1.82) is 0 Å². The first kappa shape index (κ1) is 22.2. The van der Waals surface area contributed by atoms with Gasteiger partial charge in [0.2, 0.25) is 5.95 Å². The highest BCUT2D eigenvalue weighted by Crippen LogP contribution is 2.35. The van der Waals surface area contributed by atoms with Gasteiger partial charge in [0.25, 0.3) is 5.91 Å². The zero-order chi connectivity index (χ0) is 23.9. The molecule has 3 aromatic heterocycles. The minimum atomic E-state index is -1.48. The molecule has 0 aliphatic carbocycles. The number of hydrogen-bond acceptors (Lipinski definition) is 8. The van der Waals surface area contributed by atoms with E-state index in [2.05, 4.69) is 20.4 Å². The molecule has 2 N–H and O–H groups in total. The number of benzene rings is 1. The largest absolute Gasteiger partial charge is 0.375 e. The van der Waals surface area contributed by atoms with Crippen LogP contribution in [0.3, 0.4) is 0 Å². The van der Waals surface area contributed by atoms with Gasteiger partial charge in [-0.3, -0.25) is 9.48 Å². The summed E-state index contributed by atoms with van der Waals surface area (Å²) in [5.41, 5.74) is 2.47. The van der Waals surface area contributed by atoms with Gasteiger partial charge < -0.3 is 15.3 Å². The topological polar surface area (TPSA) is 109 Å². The van der Waals surface area contributed by atoms with E-state index in [0.717, 1.165) is 27.5 Å². The third kappa shape index (κ3) is 4.06. The average Bonchev–Trinajstić information content (AvgIpc) is 3.57. The van der Waals surface area contributed by atoms with E-state index in [1.165, 1.54) is 11.3 Å². The number of carbonyl (C=O) groups is 1. The van der Waals surface area contributed by atoms with Gasteiger partial charge in [0, 0.05) is 56.0 Å². The molecule has 1 amide bonds. The van der Waals surface area contributed by atoms with Crippen LogP contribution in [0.2, 0.25) is 0 Å². The first-order valence-electron chi connectivity index (χ1n) is 11.0. The number of likely N-dealkylation sites (tertiary alicyclic amines) is 1. The summed E-state index contributed by atoms with van der Waals surface area (Å²) in [4.78, 5) is 27.8. The molecule has 10 heteroatoms. The average molecular weight is 476 g/mol. The van der Waals surface area contributed by atoms with Crippen molar-refractivity contribution in [2.24, 2.45) is 7.05 Å². The number of anilines is 1. The molecule has 0 radical (unpaired) electrons. The van der Waals surface area contributed by atoms with Crippen molar-refractivity contribution in [2.75, 3.05) is 18.9 Å². The number of aryl methyl sites for hydroxylation is 1. The van der Waals surface area contributed by atoms with Crippen LogP contribution in [-0.2, 0) is 17.4 Å². The SMILES string of the molecule is C[C@H](Nc1nccc(-c2nc(-c3cccc([C@]4(O)CCN(C)C4=O)c3)cs2)n1)c1cnn(C)c1. The maximum atomic E-state index is 12.5. The third-order valence-electron chi connectivity index (χ3n) is 6.09. The summed E-state index contributed by atoms with van der Waals surface area (Å²) >= 11 is 1.48. The van der Waals surface area contributed by atoms with E-state index >= 15 is 0 Å². The summed E-state index contributed by atoms with van der Waals surface area (Å²) in [5.74, 6) is 0.240. The molecule has 174 valence electrons. The molecule has 4 aromatic rings. The van der Waals surface area contributed by atoms with Crippen LogP contribution < -0.4 is 5.32 Å². The Labute approximate surface area is 201 Å². The number of aromatic nitrogens is 5. The molecular formula is C24H25N7O2S. The van der Waals surface area contributed by atoms with E-state index in [9.17, 15) is 9.90 Å². The summed E-state index contributed by atoms with van der Waals surface area (Å²) in [6, 6.07) is 9.24. The second kappa shape index (κ2) is 8.62. The normalized spacial score (nSPS) is 18.9. The van der Waals surface area contributed by atoms with Crippen molar-refractivity contribution in [1.82, 2.24) is 29.6 Å². The summed E-state index contributed by atoms with van der Waals surface area (Å²) in [6.45, 7) is 2.56. The van der Waals surface area contributed by atoms with Gasteiger partial charge >= 0.3 is 0 Å². The minimum absolute atomic E-state index is 0.00157. The van der Waals surface area contributed by atoms with Crippen molar-refractivity contribution >= 4 is 23.2 Å². The quantitative estimate of drug-likeness (QED) is 0.441. The summed E-state index contributed by atoms with van der Waals surface area (Å²) in [5, 5.41) is 21.2. The summed E-state index contributed by atoms with van der Waals surface area (Å²) < 4.78 is 1.76. The standard InChI is InChI=1S/C24H25N7O2S/c1-15(17-12-26-31(3)13-17)27-23-25-9-7-19(29-23)21-28-20(14-34-21)16-5-4-6-18(11-16)24(33)8-10-30(2)22(24)32/h4-7,9,11-15,33H,8,10H2,1-3H3,(H,25,27,29)/t15-,24+/m0/s1. The predicted octanol–water partition coefficient (Wildman–Crippen LogP) is 3.22. The van der Waals surface area contributed by atoms with Crippen LogP contribution in [0.5, 0.6) is 0 Å². The maximum absolute atomic E-state index is 12.5. The Kier molecular flexibility index (Phi) is 5.62. The van der Waals surface area contributed by atoms with E-state index in [1.807, 2.05) is 56.0 Å². The van der Waals surface area contributed by atoms with Crippen LogP contribution in [0.25, 0.3) is 22.0 Å². The van der Waals surface area contributed by atoms with E-state index in [-0.39, 0.29) is 11.9 Å². The molecule has 1 saturated heterocycles. The van der Waals surface area contributed by atoms with Crippen molar-refractivity contribution in [2.45, 2.75) is 25.0 Å². The van der Waals surface area contributed by atoms with Gasteiger partial charge in [-0.25, -0.2) is 15.0 Å². The molecule has 34 heavy (non-hydrogen) atoms. The predicted molar refractivity (Wildman–Crippen MR) is 130 cm³/mol. The molecule has 0 spiro atoms. The zero-order valence-electron chi connectivity index (χ0n) is 19.1. The van der Waals surface area contributed by atoms with E-state index in [0.29, 0.717) is 24.5 Å². The number of hydrogen-bond donors (Lipinski definition) is 2. The van der Waals surface area contributed by atoms with Gasteiger partial charge in [-0.05, 0) is 24.6 Å². The molecule has 1 fully saturated rings. The van der Waals surface area contributed by atoms with Crippen molar-refractivity contribution < 1.29 is 9.90 Å². The smallest absolute Gasteiger partial charge is 0.258 e. The van der Waals surface area contributed by atoms with E-state index < -0.39 is 5.60 Å². The highest BCUT2D eigenvalue weighted by atomic mass is 32.1. The van der Waals surface area contributed by atoms with Gasteiger partial charge in [-0.15, -0.1) is 11.3 Å². The fraction of sp³-hybridized carbons (Fsp3) is 0.292. The lowest BCUT2D eigenvalue weighted by atomic mass is 9.90. The lowest BCUT2D eigenvalue weighted by Gasteiger charge is -2.21. The molecule has 1 aromatic carbocycles. The number of nitrogens with zero attached hydrogens (tertiary/aromatic N) is 6. The second-order valence-corrected chi connectivity index (χ2v) is 9.39. The molecule has 1 aliphatic rings. The Morgan fingerprint density at radius 1 is 1.21 bits per heavy atom. The molecule has 4 heterocycles. The number of carbonyl (C=O) groups excluding carboxylic acids is 1. The van der Waals surface area contributed by atoms with E-state index in [4.69, 9.17) is 4.98 Å². The highest BCUT2D eigenvalue weighted by Gasteiger charge is 2.45. The molecule has 9 nitrogen and oxygen atoms in total. The molecular weight excluding hydrogens is 450 g/mol. The first-order valence-corrected chi connectivity index (χ1v) is 11.8. The molecule has 0 bridgehead atoms. The Bertz CT molecular complexity index is 1350. The highest BCUT2D eigenvalue weighted by molar-refractivity contribution is 7.13. The van der Waals surface area contributed by atoms with Crippen LogP contribution >= 0.6 is 11.3 Å². The van der Waals surface area contributed by atoms with Crippen molar-refractivity contribution in [3.8, 4) is 22.0 Å². The Hall–Kier alpha value is -3.63. The van der Waals surface area contributed by atoms with Gasteiger partial charge in [0.15, 0.2) is 5.60 Å². The van der Waals surface area contributed by atoms with Crippen LogP contribution in [0.1, 0.15) is 30.5 Å². The lowest BCUT2D eigenvalue weighted by molar-refractivity contribution is -0.143. The van der Waals surface area contributed by atoms with Crippen LogP contribution in [-0.4, -0.2) is 54.2 Å². The maximum Gasteiger partial charge on any atom is 0.258 e. The van der Waals surface area contributed by atoms with Crippen LogP contribution in [0.15, 0.2) is 54.3 Å². The minimum Gasteiger partial charge on any atom is -0.375 e. The van der Waals surface area contributed by atoms with Gasteiger partial charge in [-0.1, -0.05) is 18.2 Å². The molecule has 2 atom stereocenters. The van der Waals surface area contributed by atoms with E-state index in [1.54, 1.807) is 28.9 Å². The third-order valence-corrected chi connectivity index (χ3v) is 6.96. The van der Waals surface area contributed by atoms with Gasteiger partial charge in [0.1, 0.15) is 10.7 Å². The van der Waals surface area contributed by atoms with Crippen LogP contribution in [0.4, 0.5) is 5.95 Å². The first-order chi connectivity index (χ1) is 16.3. The monoisotopic (exact) mass is 475 g/mol. The lowest BCUT2D eigenvalue weighted by Crippen LogP contribution is -2.36. The summed E-state index contributed by atoms with van der Waals surface area (Å²) in [6.07, 6.45) is 5.86. The van der Waals surface area contributed by atoms with Crippen molar-refractivity contribution in [3.05, 3.63) is 65.4 Å². The zero-order valence-corrected chi connectivity index (χ0v) is 20.0. The number of aliphatic hydroxyl groups is 1. The fourth-order valence-electron chi connectivity index (χ4n) is 4.07. The van der Waals surface area contributed by atoms with Gasteiger partial charge in [-0.2, -0.15) is 5.10 Å². The fourth-order valence-corrected chi connectivity index (χ4v) is 4.87. The molecule has 5 rings (SSSR count). The number of likely N-dealkylation sites (N-methyl/N-ethyl adjacent to an activating group) is 1. The number of nitrogens with one attached hydrogen (secondary N) is 1. The Balaban J connectivity index is 1.38. The Morgan fingerprint density at radius 3 is 2.79 bits per heavy atom. The van der Waals surface area contributed by atoms with Crippen molar-refractivity contribution in [3.63, 3.8) is 0 Å². The number of amides is 1. The molecule has 1 aliphatic heterocycles. The molecule has 0 saturated carbocycles. The number of thiazole rings is 1. The number of rotatable bonds is 6. The Morgan fingerprint density at radius 2 is 2.06 bits per heavy atom. The second-order valence-electron chi connectivity index (χ2n) is 8.53. The molecule has 0 unspecified atom stereocenters. The van der Waals surface area contributed by atoms with Gasteiger partial charge in [0.05, 0.1) is 17.9 Å². The summed E-state index contributed by atoms with van der Waals surface area (Å²) in [7, 11) is 3.59.